The molecule has 2 aromatic rings. The van der Waals surface area contributed by atoms with E-state index in [9.17, 15) is 0 Å². The minimum absolute atomic E-state index is 0.280. The number of aryl methyl sites for hydroxylation is 1. The molecule has 2 nitrogen and oxygen atoms in total. The van der Waals surface area contributed by atoms with E-state index in [1.54, 1.807) is 0 Å². The Morgan fingerprint density at radius 3 is 2.76 bits per heavy atom. The van der Waals surface area contributed by atoms with Gasteiger partial charge in [0.05, 0.1) is 5.54 Å². The number of benzene rings is 1. The minimum Gasteiger partial charge on any atom is -0.282 e. The first-order valence-corrected chi connectivity index (χ1v) is 11.1. The molecular weight excluding hydrogens is 352 g/mol. The molecule has 150 valence electrons. The van der Waals surface area contributed by atoms with E-state index in [1.165, 1.54) is 53.5 Å². The SMILES string of the molecule is C#CCC1(N=C(C)C)c2cc(-c3cncc(CC)c3)ccc2C[C@@H]2CCCCC21. The molecular formula is C27H32N2. The van der Waals surface area contributed by atoms with Crippen LogP contribution in [0.3, 0.4) is 0 Å². The van der Waals surface area contributed by atoms with Gasteiger partial charge >= 0.3 is 0 Å². The molecule has 1 heterocycles. The Balaban J connectivity index is 1.91. The van der Waals surface area contributed by atoms with Crippen molar-refractivity contribution in [3.05, 3.63) is 53.3 Å². The molecule has 3 atom stereocenters. The van der Waals surface area contributed by atoms with Gasteiger partial charge in [-0.2, -0.15) is 0 Å². The lowest BCUT2D eigenvalue weighted by atomic mass is 9.58. The molecule has 2 aliphatic carbocycles. The summed E-state index contributed by atoms with van der Waals surface area (Å²) in [5, 5.41) is 0. The first-order valence-electron chi connectivity index (χ1n) is 11.1. The molecule has 2 unspecified atom stereocenters. The van der Waals surface area contributed by atoms with Gasteiger partial charge in [-0.05, 0) is 85.8 Å². The van der Waals surface area contributed by atoms with Gasteiger partial charge in [0.2, 0.25) is 0 Å². The fourth-order valence-electron chi connectivity index (χ4n) is 5.70. The van der Waals surface area contributed by atoms with Gasteiger partial charge in [-0.25, -0.2) is 0 Å². The van der Waals surface area contributed by atoms with Crippen LogP contribution < -0.4 is 0 Å². The lowest BCUT2D eigenvalue weighted by Gasteiger charge is -2.49. The number of nitrogens with zero attached hydrogens (tertiary/aromatic N) is 2. The van der Waals surface area contributed by atoms with Crippen molar-refractivity contribution in [1.82, 2.24) is 4.98 Å². The Morgan fingerprint density at radius 2 is 2.00 bits per heavy atom. The molecule has 29 heavy (non-hydrogen) atoms. The second-order valence-corrected chi connectivity index (χ2v) is 9.03. The Kier molecular flexibility index (Phi) is 5.59. The molecule has 0 radical (unpaired) electrons. The summed E-state index contributed by atoms with van der Waals surface area (Å²) >= 11 is 0. The molecule has 0 aliphatic heterocycles. The summed E-state index contributed by atoms with van der Waals surface area (Å²) in [5.41, 5.74) is 7.33. The van der Waals surface area contributed by atoms with Crippen molar-refractivity contribution in [2.75, 3.05) is 0 Å². The van der Waals surface area contributed by atoms with Gasteiger partial charge in [-0.3, -0.25) is 9.98 Å². The predicted octanol–water partition coefficient (Wildman–Crippen LogP) is 6.37. The van der Waals surface area contributed by atoms with E-state index in [-0.39, 0.29) is 5.54 Å². The Bertz CT molecular complexity index is 961. The van der Waals surface area contributed by atoms with Crippen LogP contribution in [0.4, 0.5) is 0 Å². The molecule has 2 aliphatic rings. The van der Waals surface area contributed by atoms with Gasteiger partial charge in [0, 0.05) is 30.1 Å². The van der Waals surface area contributed by atoms with Crippen molar-refractivity contribution in [3.63, 3.8) is 0 Å². The summed E-state index contributed by atoms with van der Waals surface area (Å²) in [6, 6.07) is 9.24. The number of pyridine rings is 1. The molecule has 2 heteroatoms. The van der Waals surface area contributed by atoms with E-state index in [0.29, 0.717) is 18.3 Å². The number of hydrogen-bond donors (Lipinski definition) is 0. The van der Waals surface area contributed by atoms with Crippen LogP contribution in [0.15, 0.2) is 41.7 Å². The lowest BCUT2D eigenvalue weighted by Crippen LogP contribution is -2.45. The van der Waals surface area contributed by atoms with Gasteiger partial charge in [-0.15, -0.1) is 12.3 Å². The highest BCUT2D eigenvalue weighted by Gasteiger charge is 2.48. The molecule has 1 fully saturated rings. The fraction of sp³-hybridized carbons (Fsp3) is 0.481. The quantitative estimate of drug-likeness (QED) is 0.444. The average molecular weight is 385 g/mol. The van der Waals surface area contributed by atoms with Gasteiger partial charge in [0.1, 0.15) is 0 Å². The summed E-state index contributed by atoms with van der Waals surface area (Å²) in [6.07, 6.45) is 17.9. The second kappa shape index (κ2) is 8.15. The number of aliphatic imine (C=N–C) groups is 1. The van der Waals surface area contributed by atoms with Crippen LogP contribution in [0.2, 0.25) is 0 Å². The Hall–Kier alpha value is -2.40. The Morgan fingerprint density at radius 1 is 1.17 bits per heavy atom. The zero-order valence-corrected chi connectivity index (χ0v) is 18.0. The lowest BCUT2D eigenvalue weighted by molar-refractivity contribution is 0.117. The summed E-state index contributed by atoms with van der Waals surface area (Å²) in [6.45, 7) is 6.40. The van der Waals surface area contributed by atoms with E-state index in [1.807, 2.05) is 12.4 Å². The molecule has 1 aromatic heterocycles. The summed E-state index contributed by atoms with van der Waals surface area (Å²) < 4.78 is 0. The number of fused-ring (bicyclic) bond motifs is 2. The van der Waals surface area contributed by atoms with Crippen LogP contribution in [-0.2, 0) is 18.4 Å². The molecule has 4 rings (SSSR count). The van der Waals surface area contributed by atoms with Gasteiger partial charge in [0.15, 0.2) is 0 Å². The maximum absolute atomic E-state index is 5.96. The minimum atomic E-state index is -0.280. The summed E-state index contributed by atoms with van der Waals surface area (Å²) in [4.78, 5) is 9.78. The number of hydrogen-bond acceptors (Lipinski definition) is 2. The van der Waals surface area contributed by atoms with E-state index in [4.69, 9.17) is 11.4 Å². The molecule has 0 amide bonds. The third-order valence-electron chi connectivity index (χ3n) is 6.91. The van der Waals surface area contributed by atoms with Gasteiger partial charge < -0.3 is 0 Å². The van der Waals surface area contributed by atoms with Crippen LogP contribution in [-0.4, -0.2) is 10.7 Å². The number of rotatable bonds is 4. The van der Waals surface area contributed by atoms with E-state index in [0.717, 1.165) is 18.6 Å². The van der Waals surface area contributed by atoms with Crippen molar-refractivity contribution >= 4 is 5.71 Å². The van der Waals surface area contributed by atoms with E-state index < -0.39 is 0 Å². The second-order valence-electron chi connectivity index (χ2n) is 9.03. The van der Waals surface area contributed by atoms with Gasteiger partial charge in [0.25, 0.3) is 0 Å². The maximum atomic E-state index is 5.96. The smallest absolute Gasteiger partial charge is 0.0997 e. The highest BCUT2D eigenvalue weighted by atomic mass is 14.9. The predicted molar refractivity (Wildman–Crippen MR) is 122 cm³/mol. The molecule has 0 saturated heterocycles. The topological polar surface area (TPSA) is 25.2 Å². The zero-order valence-electron chi connectivity index (χ0n) is 18.0. The average Bonchev–Trinajstić information content (AvgIpc) is 2.73. The van der Waals surface area contributed by atoms with E-state index in [2.05, 4.69) is 55.9 Å². The van der Waals surface area contributed by atoms with Crippen molar-refractivity contribution < 1.29 is 0 Å². The molecule has 0 spiro atoms. The normalized spacial score (nSPS) is 25.4. The van der Waals surface area contributed by atoms with Crippen molar-refractivity contribution in [1.29, 1.82) is 0 Å². The standard InChI is InChI=1S/C27H32N2/c1-5-13-27(29-19(3)4)25-10-8-7-9-22(25)15-23-12-11-21(16-26(23)27)24-14-20(6-2)17-28-18-24/h1,11-12,14,16-18,22,25H,6-10,13,15H2,2-4H3/t22-,25?,27?/m0/s1. The monoisotopic (exact) mass is 384 g/mol. The summed E-state index contributed by atoms with van der Waals surface area (Å²) in [7, 11) is 0. The van der Waals surface area contributed by atoms with E-state index >= 15 is 0 Å². The number of aromatic nitrogens is 1. The van der Waals surface area contributed by atoms with Crippen LogP contribution in [0, 0.1) is 24.2 Å². The highest BCUT2D eigenvalue weighted by molar-refractivity contribution is 5.80. The fourth-order valence-corrected chi connectivity index (χ4v) is 5.70. The van der Waals surface area contributed by atoms with Crippen LogP contribution in [0.5, 0.6) is 0 Å². The first kappa shape index (κ1) is 19.9. The molecule has 1 saturated carbocycles. The largest absolute Gasteiger partial charge is 0.282 e. The molecule has 1 aromatic carbocycles. The summed E-state index contributed by atoms with van der Waals surface area (Å²) in [5.74, 6) is 4.26. The maximum Gasteiger partial charge on any atom is 0.0997 e. The molecule has 0 bridgehead atoms. The number of terminal acetylenes is 1. The van der Waals surface area contributed by atoms with Crippen LogP contribution in [0.25, 0.3) is 11.1 Å². The van der Waals surface area contributed by atoms with Crippen molar-refractivity contribution in [2.24, 2.45) is 16.8 Å². The highest BCUT2D eigenvalue weighted by Crippen LogP contribution is 2.53. The third kappa shape index (κ3) is 3.64. The van der Waals surface area contributed by atoms with Crippen molar-refractivity contribution in [2.45, 2.75) is 71.3 Å². The van der Waals surface area contributed by atoms with Crippen LogP contribution >= 0.6 is 0 Å². The molecule has 0 N–H and O–H groups in total. The Labute approximate surface area is 175 Å². The first-order chi connectivity index (χ1) is 14.1. The third-order valence-corrected chi connectivity index (χ3v) is 6.91. The zero-order chi connectivity index (χ0) is 20.4. The van der Waals surface area contributed by atoms with Crippen molar-refractivity contribution in [3.8, 4) is 23.5 Å². The van der Waals surface area contributed by atoms with Gasteiger partial charge in [-0.1, -0.05) is 31.9 Å². The van der Waals surface area contributed by atoms with Crippen LogP contribution in [0.1, 0.15) is 69.6 Å².